The molecule has 7 nitrogen and oxygen atoms in total. The third-order valence-electron chi connectivity index (χ3n) is 4.61. The smallest absolute Gasteiger partial charge is 0.264 e. The lowest BCUT2D eigenvalue weighted by atomic mass is 10.0. The predicted octanol–water partition coefficient (Wildman–Crippen LogP) is 1.52. The summed E-state index contributed by atoms with van der Waals surface area (Å²) in [6.07, 6.45) is 2.34. The van der Waals surface area contributed by atoms with Crippen molar-refractivity contribution in [3.8, 4) is 11.1 Å². The first kappa shape index (κ1) is 19.9. The molecule has 1 aromatic carbocycles. The van der Waals surface area contributed by atoms with Crippen molar-refractivity contribution in [3.63, 3.8) is 0 Å². The normalized spacial score (nSPS) is 13.8. The van der Waals surface area contributed by atoms with Crippen molar-refractivity contribution in [2.24, 2.45) is 0 Å². The summed E-state index contributed by atoms with van der Waals surface area (Å²) < 4.78 is 23.4. The van der Waals surface area contributed by atoms with Crippen LogP contribution in [-0.2, 0) is 21.2 Å². The van der Waals surface area contributed by atoms with E-state index in [-0.39, 0.29) is 18.5 Å². The van der Waals surface area contributed by atoms with E-state index in [2.05, 4.69) is 0 Å². The minimum atomic E-state index is -3.80. The number of rotatable bonds is 6. The fourth-order valence-electron chi connectivity index (χ4n) is 2.54. The summed E-state index contributed by atoms with van der Waals surface area (Å²) in [6, 6.07) is 11.0. The number of pyridine rings is 1. The number of hydroxylamine groups is 1. The lowest BCUT2D eigenvalue weighted by molar-refractivity contribution is -0.131. The molecule has 1 atom stereocenters. The minimum absolute atomic E-state index is 0.0179. The van der Waals surface area contributed by atoms with Gasteiger partial charge in [0.25, 0.3) is 11.5 Å². The van der Waals surface area contributed by atoms with Crippen molar-refractivity contribution in [1.29, 1.82) is 0 Å². The zero-order valence-electron chi connectivity index (χ0n) is 14.9. The summed E-state index contributed by atoms with van der Waals surface area (Å²) in [7, 11) is -3.80. The second-order valence-electron chi connectivity index (χ2n) is 6.51. The molecule has 1 amide bonds. The van der Waals surface area contributed by atoms with Gasteiger partial charge in [-0.15, -0.1) is 0 Å². The van der Waals surface area contributed by atoms with Crippen molar-refractivity contribution in [1.82, 2.24) is 10.0 Å². The summed E-state index contributed by atoms with van der Waals surface area (Å²) >= 11 is 0. The number of nitrogens with zero attached hydrogens (tertiary/aromatic N) is 1. The number of sulfone groups is 1. The number of benzene rings is 1. The van der Waals surface area contributed by atoms with E-state index in [9.17, 15) is 18.0 Å². The lowest BCUT2D eigenvalue weighted by Gasteiger charge is -2.25. The third kappa shape index (κ3) is 4.03. The molecule has 8 heteroatoms. The number of hydrogen-bond donors (Lipinski definition) is 2. The van der Waals surface area contributed by atoms with Crippen LogP contribution >= 0.6 is 0 Å². The first-order chi connectivity index (χ1) is 12.1. The molecule has 0 spiro atoms. The molecule has 0 saturated carbocycles. The highest BCUT2D eigenvalue weighted by atomic mass is 32.2. The van der Waals surface area contributed by atoms with Gasteiger partial charge in [-0.1, -0.05) is 29.8 Å². The largest absolute Gasteiger partial charge is 0.315 e. The number of hydrogen-bond acceptors (Lipinski definition) is 5. The van der Waals surface area contributed by atoms with E-state index in [1.807, 2.05) is 31.2 Å². The molecule has 0 aliphatic heterocycles. The van der Waals surface area contributed by atoms with E-state index in [0.717, 1.165) is 22.9 Å². The summed E-state index contributed by atoms with van der Waals surface area (Å²) in [6.45, 7) is 3.21. The number of nitrogens with one attached hydrogen (secondary N) is 1. The Morgan fingerprint density at radius 2 is 1.81 bits per heavy atom. The van der Waals surface area contributed by atoms with Crippen LogP contribution in [0, 0.1) is 6.92 Å². The number of carbonyl (C=O) groups excluding carboxylic acids is 1. The molecule has 1 heterocycles. The SMILES string of the molecule is Cc1ccc(-c2ccn(CC[C@](C)(C(=O)NO)S(C)(=O)=O)c(=O)c2)cc1. The van der Waals surface area contributed by atoms with Gasteiger partial charge in [0.05, 0.1) is 0 Å². The molecule has 1 aromatic heterocycles. The maximum atomic E-state index is 12.3. The van der Waals surface area contributed by atoms with Gasteiger partial charge >= 0.3 is 0 Å². The van der Waals surface area contributed by atoms with E-state index >= 15 is 0 Å². The van der Waals surface area contributed by atoms with Crippen molar-refractivity contribution >= 4 is 15.7 Å². The molecule has 2 aromatic rings. The van der Waals surface area contributed by atoms with E-state index in [4.69, 9.17) is 5.21 Å². The maximum absolute atomic E-state index is 12.3. The van der Waals surface area contributed by atoms with Crippen LogP contribution in [0.1, 0.15) is 18.9 Å². The van der Waals surface area contributed by atoms with Crippen LogP contribution in [0.5, 0.6) is 0 Å². The highest BCUT2D eigenvalue weighted by Gasteiger charge is 2.43. The topological polar surface area (TPSA) is 105 Å². The zero-order chi connectivity index (χ0) is 19.5. The second-order valence-corrected chi connectivity index (χ2v) is 8.95. The molecular weight excluding hydrogens is 356 g/mol. The Bertz CT molecular complexity index is 964. The van der Waals surface area contributed by atoms with Crippen LogP contribution in [0.3, 0.4) is 0 Å². The molecule has 0 unspecified atom stereocenters. The van der Waals surface area contributed by atoms with Crippen LogP contribution < -0.4 is 11.0 Å². The van der Waals surface area contributed by atoms with Crippen LogP contribution in [0.4, 0.5) is 0 Å². The lowest BCUT2D eigenvalue weighted by Crippen LogP contribution is -2.49. The molecule has 0 fully saturated rings. The van der Waals surface area contributed by atoms with Gasteiger partial charge in [-0.05, 0) is 37.5 Å². The Labute approximate surface area is 152 Å². The Morgan fingerprint density at radius 1 is 1.19 bits per heavy atom. The van der Waals surface area contributed by atoms with Gasteiger partial charge in [-0.25, -0.2) is 13.9 Å². The summed E-state index contributed by atoms with van der Waals surface area (Å²) in [5.41, 5.74) is 3.86. The van der Waals surface area contributed by atoms with Gasteiger partial charge in [0.15, 0.2) is 14.6 Å². The van der Waals surface area contributed by atoms with Crippen molar-refractivity contribution in [2.75, 3.05) is 6.26 Å². The van der Waals surface area contributed by atoms with E-state index in [1.54, 1.807) is 12.3 Å². The molecule has 0 saturated heterocycles. The van der Waals surface area contributed by atoms with Crippen molar-refractivity contribution in [3.05, 3.63) is 58.5 Å². The molecule has 0 aliphatic carbocycles. The fraction of sp³-hybridized carbons (Fsp3) is 0.333. The van der Waals surface area contributed by atoms with Gasteiger partial charge in [0.1, 0.15) is 0 Å². The third-order valence-corrected chi connectivity index (χ3v) is 6.64. The maximum Gasteiger partial charge on any atom is 0.264 e. The number of carbonyl (C=O) groups is 1. The minimum Gasteiger partial charge on any atom is -0.315 e. The van der Waals surface area contributed by atoms with E-state index in [0.29, 0.717) is 0 Å². The first-order valence-corrected chi connectivity index (χ1v) is 9.89. The fourth-order valence-corrected chi connectivity index (χ4v) is 3.38. The van der Waals surface area contributed by atoms with Crippen LogP contribution in [0.2, 0.25) is 0 Å². The summed E-state index contributed by atoms with van der Waals surface area (Å²) in [5, 5.41) is 8.83. The number of amides is 1. The molecule has 2 N–H and O–H groups in total. The molecule has 26 heavy (non-hydrogen) atoms. The van der Waals surface area contributed by atoms with Gasteiger partial charge in [0, 0.05) is 25.1 Å². The van der Waals surface area contributed by atoms with Gasteiger partial charge in [0.2, 0.25) is 0 Å². The monoisotopic (exact) mass is 378 g/mol. The van der Waals surface area contributed by atoms with Crippen LogP contribution in [0.15, 0.2) is 47.4 Å². The van der Waals surface area contributed by atoms with E-state index in [1.165, 1.54) is 23.0 Å². The van der Waals surface area contributed by atoms with Gasteiger partial charge in [-0.3, -0.25) is 14.8 Å². The molecular formula is C18H22N2O5S. The average Bonchev–Trinajstić information content (AvgIpc) is 2.59. The zero-order valence-corrected chi connectivity index (χ0v) is 15.7. The molecule has 140 valence electrons. The molecule has 0 aliphatic rings. The Morgan fingerprint density at radius 3 is 2.31 bits per heavy atom. The Hall–Kier alpha value is -2.45. The molecule has 2 rings (SSSR count). The van der Waals surface area contributed by atoms with Gasteiger partial charge in [-0.2, -0.15) is 0 Å². The van der Waals surface area contributed by atoms with Crippen molar-refractivity contribution < 1.29 is 18.4 Å². The van der Waals surface area contributed by atoms with Crippen LogP contribution in [0.25, 0.3) is 11.1 Å². The number of aryl methyl sites for hydroxylation is 2. The highest BCUT2D eigenvalue weighted by Crippen LogP contribution is 2.22. The predicted molar refractivity (Wildman–Crippen MR) is 98.7 cm³/mol. The van der Waals surface area contributed by atoms with E-state index < -0.39 is 20.5 Å². The Balaban J connectivity index is 2.26. The quantitative estimate of drug-likeness (QED) is 0.586. The first-order valence-electron chi connectivity index (χ1n) is 8.00. The van der Waals surface area contributed by atoms with Gasteiger partial charge < -0.3 is 4.57 Å². The highest BCUT2D eigenvalue weighted by molar-refractivity contribution is 7.92. The van der Waals surface area contributed by atoms with Crippen LogP contribution in [-0.4, -0.2) is 35.1 Å². The number of aromatic nitrogens is 1. The standard InChI is InChI=1S/C18H22N2O5S/c1-13-4-6-14(7-5-13)15-8-10-20(16(21)12-15)11-9-18(2,17(22)19-23)26(3,24)25/h4-8,10,12,23H,9,11H2,1-3H3,(H,19,22)/t18-/m1/s1. The Kier molecular flexibility index (Phi) is 5.68. The molecule has 0 bridgehead atoms. The molecule has 0 radical (unpaired) electrons. The summed E-state index contributed by atoms with van der Waals surface area (Å²) in [4.78, 5) is 24.2. The second kappa shape index (κ2) is 7.43. The average molecular weight is 378 g/mol. The summed E-state index contributed by atoms with van der Waals surface area (Å²) in [5.74, 6) is -1.02. The van der Waals surface area contributed by atoms with Crippen molar-refractivity contribution in [2.45, 2.75) is 31.6 Å².